The van der Waals surface area contributed by atoms with Crippen LogP contribution in [0.15, 0.2) is 0 Å². The SMILES string of the molecule is CCCCCCCCCCCCCC(=S)NCCCCP(=O)(OCC)OCC. The molecule has 0 radical (unpaired) electrons. The van der Waals surface area contributed by atoms with Crippen molar-refractivity contribution in [1.29, 1.82) is 0 Å². The molecule has 0 aromatic rings. The van der Waals surface area contributed by atoms with Crippen molar-refractivity contribution in [2.24, 2.45) is 0 Å². The molecule has 0 fully saturated rings. The van der Waals surface area contributed by atoms with Crippen LogP contribution in [-0.4, -0.2) is 30.9 Å². The molecule has 0 bridgehead atoms. The Morgan fingerprint density at radius 2 is 1.25 bits per heavy atom. The van der Waals surface area contributed by atoms with E-state index in [0.29, 0.717) is 19.4 Å². The predicted octanol–water partition coefficient (Wildman–Crippen LogP) is 7.65. The zero-order chi connectivity index (χ0) is 20.9. The van der Waals surface area contributed by atoms with Gasteiger partial charge >= 0.3 is 7.60 Å². The largest absolute Gasteiger partial charge is 0.380 e. The normalized spacial score (nSPS) is 11.7. The van der Waals surface area contributed by atoms with Crippen LogP contribution < -0.4 is 5.32 Å². The molecule has 0 aromatic heterocycles. The minimum atomic E-state index is -2.89. The second-order valence-corrected chi connectivity index (χ2v) is 10.2. The highest BCUT2D eigenvalue weighted by molar-refractivity contribution is 7.80. The molecule has 0 heterocycles. The van der Waals surface area contributed by atoms with Crippen LogP contribution in [0.1, 0.15) is 111 Å². The van der Waals surface area contributed by atoms with Crippen LogP contribution in [0.25, 0.3) is 0 Å². The van der Waals surface area contributed by atoms with E-state index in [4.69, 9.17) is 21.3 Å². The summed E-state index contributed by atoms with van der Waals surface area (Å²) in [7, 11) is -2.89. The zero-order valence-corrected chi connectivity index (χ0v) is 20.5. The van der Waals surface area contributed by atoms with E-state index in [-0.39, 0.29) is 0 Å². The van der Waals surface area contributed by atoms with Crippen molar-refractivity contribution in [2.75, 3.05) is 25.9 Å². The maximum Gasteiger partial charge on any atom is 0.330 e. The zero-order valence-electron chi connectivity index (χ0n) is 18.8. The Morgan fingerprint density at radius 3 is 1.75 bits per heavy atom. The van der Waals surface area contributed by atoms with Crippen molar-refractivity contribution in [1.82, 2.24) is 5.32 Å². The van der Waals surface area contributed by atoms with Gasteiger partial charge in [-0.1, -0.05) is 83.3 Å². The van der Waals surface area contributed by atoms with Crippen LogP contribution in [0, 0.1) is 0 Å². The second kappa shape index (κ2) is 20.3. The van der Waals surface area contributed by atoms with Gasteiger partial charge in [0, 0.05) is 6.54 Å². The number of nitrogens with one attached hydrogen (secondary N) is 1. The molecule has 0 atom stereocenters. The Hall–Kier alpha value is 0.0400. The third-order valence-corrected chi connectivity index (χ3v) is 7.36. The summed E-state index contributed by atoms with van der Waals surface area (Å²) < 4.78 is 23.0. The molecule has 0 aliphatic carbocycles. The highest BCUT2D eigenvalue weighted by atomic mass is 32.1. The number of thiocarbonyl (C=S) groups is 1. The van der Waals surface area contributed by atoms with Gasteiger partial charge in [0.05, 0.1) is 24.4 Å². The first kappa shape index (κ1) is 28.0. The van der Waals surface area contributed by atoms with E-state index in [1.807, 2.05) is 13.8 Å². The summed E-state index contributed by atoms with van der Waals surface area (Å²) in [6.45, 7) is 7.67. The van der Waals surface area contributed by atoms with Crippen LogP contribution in [0.5, 0.6) is 0 Å². The maximum atomic E-state index is 12.3. The first-order valence-electron chi connectivity index (χ1n) is 11.7. The summed E-state index contributed by atoms with van der Waals surface area (Å²) in [5, 5.41) is 3.33. The van der Waals surface area contributed by atoms with Gasteiger partial charge in [-0.05, 0) is 39.5 Å². The van der Waals surface area contributed by atoms with Gasteiger partial charge in [0.1, 0.15) is 0 Å². The second-order valence-electron chi connectivity index (χ2n) is 7.51. The Bertz CT molecular complexity index is 397. The first-order valence-corrected chi connectivity index (χ1v) is 13.9. The smallest absolute Gasteiger partial charge is 0.330 e. The molecule has 0 saturated heterocycles. The molecule has 0 saturated carbocycles. The number of hydrogen-bond donors (Lipinski definition) is 1. The average Bonchev–Trinajstić information content (AvgIpc) is 2.66. The molecule has 0 aliphatic rings. The lowest BCUT2D eigenvalue weighted by molar-refractivity contribution is 0.219. The van der Waals surface area contributed by atoms with Crippen LogP contribution in [0.4, 0.5) is 0 Å². The Labute approximate surface area is 180 Å². The molecule has 0 aliphatic heterocycles. The number of rotatable bonds is 21. The van der Waals surface area contributed by atoms with Gasteiger partial charge in [0.25, 0.3) is 0 Å². The van der Waals surface area contributed by atoms with E-state index in [1.165, 1.54) is 70.6 Å². The minimum Gasteiger partial charge on any atom is -0.380 e. The van der Waals surface area contributed by atoms with E-state index >= 15 is 0 Å². The standard InChI is InChI=1S/C22H46NO3PS/c1-4-7-8-9-10-11-12-13-14-15-16-19-22(28)23-20-17-18-21-27(24,25-5-2)26-6-3/h4-21H2,1-3H3,(H,23,28). The van der Waals surface area contributed by atoms with Gasteiger partial charge in [-0.2, -0.15) is 0 Å². The van der Waals surface area contributed by atoms with Crippen LogP contribution in [0.2, 0.25) is 0 Å². The van der Waals surface area contributed by atoms with E-state index in [0.717, 1.165) is 30.8 Å². The minimum absolute atomic E-state index is 0.429. The van der Waals surface area contributed by atoms with E-state index in [2.05, 4.69) is 12.2 Å². The maximum absolute atomic E-state index is 12.3. The monoisotopic (exact) mass is 435 g/mol. The number of hydrogen-bond acceptors (Lipinski definition) is 4. The van der Waals surface area contributed by atoms with Crippen LogP contribution >= 0.6 is 19.8 Å². The summed E-state index contributed by atoms with van der Waals surface area (Å²) in [5.41, 5.74) is 0. The quantitative estimate of drug-likeness (QED) is 0.114. The molecule has 0 aromatic carbocycles. The predicted molar refractivity (Wildman–Crippen MR) is 127 cm³/mol. The van der Waals surface area contributed by atoms with Crippen molar-refractivity contribution < 1.29 is 13.6 Å². The summed E-state index contributed by atoms with van der Waals surface area (Å²) >= 11 is 5.42. The lowest BCUT2D eigenvalue weighted by Gasteiger charge is -2.16. The molecule has 28 heavy (non-hydrogen) atoms. The lowest BCUT2D eigenvalue weighted by Crippen LogP contribution is -2.22. The third-order valence-electron chi connectivity index (χ3n) is 4.84. The molecule has 0 rings (SSSR count). The van der Waals surface area contributed by atoms with E-state index in [9.17, 15) is 4.57 Å². The van der Waals surface area contributed by atoms with Crippen molar-refractivity contribution >= 4 is 24.8 Å². The Morgan fingerprint density at radius 1 is 0.750 bits per heavy atom. The van der Waals surface area contributed by atoms with Gasteiger partial charge in [-0.25, -0.2) is 0 Å². The van der Waals surface area contributed by atoms with Crippen molar-refractivity contribution in [3.05, 3.63) is 0 Å². The fourth-order valence-corrected chi connectivity index (χ4v) is 5.23. The van der Waals surface area contributed by atoms with Crippen molar-refractivity contribution in [3.8, 4) is 0 Å². The van der Waals surface area contributed by atoms with E-state index in [1.54, 1.807) is 0 Å². The third kappa shape index (κ3) is 18.1. The van der Waals surface area contributed by atoms with Gasteiger partial charge in [0.2, 0.25) is 0 Å². The molecule has 0 unspecified atom stereocenters. The summed E-state index contributed by atoms with van der Waals surface area (Å²) in [4.78, 5) is 0.966. The van der Waals surface area contributed by atoms with Gasteiger partial charge in [-0.15, -0.1) is 0 Å². The summed E-state index contributed by atoms with van der Waals surface area (Å²) in [6.07, 6.45) is 18.2. The topological polar surface area (TPSA) is 47.6 Å². The fraction of sp³-hybridized carbons (Fsp3) is 0.955. The van der Waals surface area contributed by atoms with E-state index < -0.39 is 7.60 Å². The molecule has 0 spiro atoms. The number of unbranched alkanes of at least 4 members (excludes halogenated alkanes) is 11. The average molecular weight is 436 g/mol. The molecule has 168 valence electrons. The van der Waals surface area contributed by atoms with Gasteiger partial charge in [0.15, 0.2) is 0 Å². The first-order chi connectivity index (χ1) is 13.6. The lowest BCUT2D eigenvalue weighted by atomic mass is 10.1. The molecule has 4 nitrogen and oxygen atoms in total. The van der Waals surface area contributed by atoms with Gasteiger partial charge < -0.3 is 14.4 Å². The van der Waals surface area contributed by atoms with Crippen molar-refractivity contribution in [3.63, 3.8) is 0 Å². The summed E-state index contributed by atoms with van der Waals surface area (Å²) in [5.74, 6) is 0. The highest BCUT2D eigenvalue weighted by Gasteiger charge is 2.22. The molecule has 6 heteroatoms. The molecule has 1 N–H and O–H groups in total. The van der Waals surface area contributed by atoms with Gasteiger partial charge in [-0.3, -0.25) is 4.57 Å². The molecular weight excluding hydrogens is 389 g/mol. The molecular formula is C22H46NO3PS. The van der Waals surface area contributed by atoms with Crippen LogP contribution in [0.3, 0.4) is 0 Å². The Balaban J connectivity index is 3.45. The summed E-state index contributed by atoms with van der Waals surface area (Å²) in [6, 6.07) is 0. The fourth-order valence-electron chi connectivity index (χ4n) is 3.26. The van der Waals surface area contributed by atoms with Crippen molar-refractivity contribution in [2.45, 2.75) is 111 Å². The molecule has 0 amide bonds. The Kier molecular flexibility index (Phi) is 20.3. The highest BCUT2D eigenvalue weighted by Crippen LogP contribution is 2.48. The van der Waals surface area contributed by atoms with Crippen LogP contribution in [-0.2, 0) is 13.6 Å².